The molecule has 0 saturated carbocycles. The molecular formula is C16H14O2. The predicted octanol–water partition coefficient (Wildman–Crippen LogP) is 3.30. The molecule has 1 atom stereocenters. The summed E-state index contributed by atoms with van der Waals surface area (Å²) < 4.78 is 5.43. The average molecular weight is 238 g/mol. The van der Waals surface area contributed by atoms with Crippen molar-refractivity contribution < 1.29 is 9.53 Å². The number of hydrogen-bond acceptors (Lipinski definition) is 2. The minimum absolute atomic E-state index is 0.169. The topological polar surface area (TPSA) is 26.3 Å². The van der Waals surface area contributed by atoms with Crippen LogP contribution in [0.15, 0.2) is 54.6 Å². The van der Waals surface area contributed by atoms with Crippen LogP contribution in [0.1, 0.15) is 24.5 Å². The number of hydrogen-bond donors (Lipinski definition) is 0. The van der Waals surface area contributed by atoms with Crippen LogP contribution in [-0.2, 0) is 10.2 Å². The Balaban J connectivity index is 2.27. The fraction of sp³-hybridized carbons (Fsp3) is 0.188. The zero-order valence-electron chi connectivity index (χ0n) is 10.2. The number of rotatable bonds is 2. The third kappa shape index (κ3) is 1.32. The highest BCUT2D eigenvalue weighted by molar-refractivity contribution is 5.94. The number of fused-ring (bicyclic) bond motifs is 1. The number of esters is 1. The monoisotopic (exact) mass is 238 g/mol. The Labute approximate surface area is 106 Å². The first-order valence-electron chi connectivity index (χ1n) is 6.16. The van der Waals surface area contributed by atoms with Gasteiger partial charge in [0.2, 0.25) is 0 Å². The molecule has 0 aromatic heterocycles. The molecular weight excluding hydrogens is 224 g/mol. The van der Waals surface area contributed by atoms with Crippen molar-refractivity contribution in [1.29, 1.82) is 0 Å². The van der Waals surface area contributed by atoms with Crippen LogP contribution in [0.2, 0.25) is 0 Å². The number of carbonyl (C=O) groups excluding carboxylic acids is 1. The SMILES string of the molecule is CC[C@]1(c2ccccc2)C(=O)Oc2ccccc21. The third-order valence-corrected chi connectivity index (χ3v) is 3.69. The first-order chi connectivity index (χ1) is 8.79. The van der Waals surface area contributed by atoms with E-state index >= 15 is 0 Å². The quantitative estimate of drug-likeness (QED) is 0.592. The highest BCUT2D eigenvalue weighted by Crippen LogP contribution is 2.46. The Morgan fingerprint density at radius 1 is 1.00 bits per heavy atom. The zero-order valence-corrected chi connectivity index (χ0v) is 10.2. The molecule has 2 heteroatoms. The Hall–Kier alpha value is -2.09. The summed E-state index contributed by atoms with van der Waals surface area (Å²) in [5.74, 6) is 0.519. The number of ether oxygens (including phenoxy) is 1. The fourth-order valence-corrected chi connectivity index (χ4v) is 2.74. The molecule has 0 unspecified atom stereocenters. The van der Waals surface area contributed by atoms with Gasteiger partial charge in [0.15, 0.2) is 0 Å². The van der Waals surface area contributed by atoms with E-state index in [0.29, 0.717) is 12.2 Å². The van der Waals surface area contributed by atoms with Crippen molar-refractivity contribution in [2.24, 2.45) is 0 Å². The van der Waals surface area contributed by atoms with E-state index in [2.05, 4.69) is 0 Å². The molecule has 0 N–H and O–H groups in total. The van der Waals surface area contributed by atoms with Gasteiger partial charge in [-0.1, -0.05) is 55.5 Å². The summed E-state index contributed by atoms with van der Waals surface area (Å²) in [5, 5.41) is 0. The highest BCUT2D eigenvalue weighted by atomic mass is 16.5. The Morgan fingerprint density at radius 2 is 1.67 bits per heavy atom. The molecule has 3 rings (SSSR count). The molecule has 0 fully saturated rings. The van der Waals surface area contributed by atoms with Crippen molar-refractivity contribution in [3.63, 3.8) is 0 Å². The lowest BCUT2D eigenvalue weighted by atomic mass is 9.73. The molecule has 2 nitrogen and oxygen atoms in total. The van der Waals surface area contributed by atoms with E-state index in [1.807, 2.05) is 61.5 Å². The zero-order chi connectivity index (χ0) is 12.6. The summed E-state index contributed by atoms with van der Waals surface area (Å²) in [6, 6.07) is 17.5. The largest absolute Gasteiger partial charge is 0.425 e. The second-order valence-corrected chi connectivity index (χ2v) is 4.51. The maximum absolute atomic E-state index is 12.4. The van der Waals surface area contributed by atoms with Crippen molar-refractivity contribution in [3.05, 3.63) is 65.7 Å². The summed E-state index contributed by atoms with van der Waals surface area (Å²) >= 11 is 0. The number of para-hydroxylation sites is 1. The lowest BCUT2D eigenvalue weighted by molar-refractivity contribution is -0.137. The Morgan fingerprint density at radius 3 is 2.39 bits per heavy atom. The molecule has 0 spiro atoms. The van der Waals surface area contributed by atoms with Gasteiger partial charge in [-0.3, -0.25) is 4.79 Å². The van der Waals surface area contributed by atoms with Crippen LogP contribution >= 0.6 is 0 Å². The molecule has 0 amide bonds. The van der Waals surface area contributed by atoms with Gasteiger partial charge in [-0.05, 0) is 18.1 Å². The summed E-state index contributed by atoms with van der Waals surface area (Å²) in [5.41, 5.74) is 1.34. The minimum atomic E-state index is -0.641. The van der Waals surface area contributed by atoms with Gasteiger partial charge in [0, 0.05) is 5.56 Å². The number of carbonyl (C=O) groups is 1. The second-order valence-electron chi connectivity index (χ2n) is 4.51. The van der Waals surface area contributed by atoms with Crippen LogP contribution in [-0.4, -0.2) is 5.97 Å². The Bertz CT molecular complexity index is 589. The van der Waals surface area contributed by atoms with E-state index in [1.54, 1.807) is 0 Å². The summed E-state index contributed by atoms with van der Waals surface area (Å²) in [7, 11) is 0. The van der Waals surface area contributed by atoms with E-state index in [0.717, 1.165) is 11.1 Å². The summed E-state index contributed by atoms with van der Waals surface area (Å²) in [4.78, 5) is 12.4. The van der Waals surface area contributed by atoms with Gasteiger partial charge < -0.3 is 4.74 Å². The van der Waals surface area contributed by atoms with Crippen LogP contribution in [0.25, 0.3) is 0 Å². The van der Waals surface area contributed by atoms with E-state index in [1.165, 1.54) is 0 Å². The molecule has 2 aromatic rings. The van der Waals surface area contributed by atoms with Crippen molar-refractivity contribution in [3.8, 4) is 5.75 Å². The van der Waals surface area contributed by atoms with Crippen LogP contribution < -0.4 is 4.74 Å². The molecule has 0 aliphatic carbocycles. The summed E-state index contributed by atoms with van der Waals surface area (Å²) in [6.07, 6.45) is 0.701. The van der Waals surface area contributed by atoms with Gasteiger partial charge >= 0.3 is 5.97 Å². The second kappa shape index (κ2) is 3.98. The standard InChI is InChI=1S/C16H14O2/c1-2-16(12-8-4-3-5-9-12)13-10-6-7-11-14(13)18-15(16)17/h3-11H,2H2,1H3/t16-/m1/s1. The van der Waals surface area contributed by atoms with Crippen molar-refractivity contribution >= 4 is 5.97 Å². The maximum atomic E-state index is 12.4. The number of benzene rings is 2. The molecule has 1 aliphatic heterocycles. The van der Waals surface area contributed by atoms with Gasteiger partial charge in [0.1, 0.15) is 11.2 Å². The molecule has 0 radical (unpaired) electrons. The summed E-state index contributed by atoms with van der Waals surface area (Å²) in [6.45, 7) is 2.02. The smallest absolute Gasteiger partial charge is 0.326 e. The third-order valence-electron chi connectivity index (χ3n) is 3.69. The van der Waals surface area contributed by atoms with Gasteiger partial charge in [0.25, 0.3) is 0 Å². The lowest BCUT2D eigenvalue weighted by Crippen LogP contribution is -2.34. The first kappa shape index (κ1) is 11.0. The highest BCUT2D eigenvalue weighted by Gasteiger charge is 2.48. The molecule has 18 heavy (non-hydrogen) atoms. The van der Waals surface area contributed by atoms with Crippen LogP contribution in [0.5, 0.6) is 5.75 Å². The van der Waals surface area contributed by atoms with Crippen LogP contribution in [0.4, 0.5) is 0 Å². The van der Waals surface area contributed by atoms with E-state index < -0.39 is 5.41 Å². The van der Waals surface area contributed by atoms with Gasteiger partial charge in [0.05, 0.1) is 0 Å². The van der Waals surface area contributed by atoms with Crippen LogP contribution in [0, 0.1) is 0 Å². The van der Waals surface area contributed by atoms with E-state index in [-0.39, 0.29) is 5.97 Å². The molecule has 0 saturated heterocycles. The van der Waals surface area contributed by atoms with E-state index in [9.17, 15) is 4.79 Å². The normalized spacial score (nSPS) is 21.5. The molecule has 2 aromatic carbocycles. The molecule has 1 aliphatic rings. The van der Waals surface area contributed by atoms with Gasteiger partial charge in [-0.15, -0.1) is 0 Å². The Kier molecular flexibility index (Phi) is 2.44. The van der Waals surface area contributed by atoms with Crippen LogP contribution in [0.3, 0.4) is 0 Å². The van der Waals surface area contributed by atoms with Gasteiger partial charge in [-0.2, -0.15) is 0 Å². The average Bonchev–Trinajstić information content (AvgIpc) is 2.72. The minimum Gasteiger partial charge on any atom is -0.425 e. The molecule has 90 valence electrons. The van der Waals surface area contributed by atoms with Crippen molar-refractivity contribution in [2.45, 2.75) is 18.8 Å². The molecule has 1 heterocycles. The molecule has 0 bridgehead atoms. The maximum Gasteiger partial charge on any atom is 0.326 e. The fourth-order valence-electron chi connectivity index (χ4n) is 2.74. The van der Waals surface area contributed by atoms with Gasteiger partial charge in [-0.25, -0.2) is 0 Å². The van der Waals surface area contributed by atoms with Crippen molar-refractivity contribution in [1.82, 2.24) is 0 Å². The lowest BCUT2D eigenvalue weighted by Gasteiger charge is -2.24. The van der Waals surface area contributed by atoms with E-state index in [4.69, 9.17) is 4.74 Å². The predicted molar refractivity (Wildman–Crippen MR) is 69.6 cm³/mol. The first-order valence-corrected chi connectivity index (χ1v) is 6.16. The van der Waals surface area contributed by atoms with Crippen molar-refractivity contribution in [2.75, 3.05) is 0 Å².